The lowest BCUT2D eigenvalue weighted by Crippen LogP contribution is -2.23. The van der Waals surface area contributed by atoms with Crippen molar-refractivity contribution in [3.05, 3.63) is 77.2 Å². The Labute approximate surface area is 205 Å². The predicted octanol–water partition coefficient (Wildman–Crippen LogP) is 4.55. The van der Waals surface area contributed by atoms with Crippen molar-refractivity contribution in [2.75, 3.05) is 7.11 Å². The van der Waals surface area contributed by atoms with Gasteiger partial charge in [-0.05, 0) is 75.0 Å². The summed E-state index contributed by atoms with van der Waals surface area (Å²) in [6, 6.07) is 13.0. The van der Waals surface area contributed by atoms with Crippen LogP contribution in [0.5, 0.6) is 11.5 Å². The largest absolute Gasteiger partial charge is 0.495 e. The number of hydrogen-bond acceptors (Lipinski definition) is 6. The van der Waals surface area contributed by atoms with Gasteiger partial charge in [-0.25, -0.2) is 8.42 Å². The first-order valence-electron chi connectivity index (χ1n) is 10.9. The molecule has 0 saturated carbocycles. The maximum atomic E-state index is 13.4. The fourth-order valence-corrected chi connectivity index (χ4v) is 4.97. The number of methoxy groups -OCH3 is 1. The molecule has 0 fully saturated rings. The summed E-state index contributed by atoms with van der Waals surface area (Å²) < 4.78 is 37.9. The van der Waals surface area contributed by atoms with Crippen LogP contribution < -0.4 is 14.8 Å². The second-order valence-corrected chi connectivity index (χ2v) is 9.95. The van der Waals surface area contributed by atoms with Gasteiger partial charge in [-0.3, -0.25) is 9.79 Å². The van der Waals surface area contributed by atoms with Crippen molar-refractivity contribution in [3.8, 4) is 11.5 Å². The molecule has 2 N–H and O–H groups in total. The number of benzene rings is 2. The van der Waals surface area contributed by atoms with Gasteiger partial charge in [0.05, 0.1) is 18.1 Å². The van der Waals surface area contributed by atoms with E-state index in [1.807, 2.05) is 20.8 Å². The zero-order valence-corrected chi connectivity index (χ0v) is 21.0. The lowest BCUT2D eigenvalue weighted by molar-refractivity contribution is 0.0946. The van der Waals surface area contributed by atoms with Crippen LogP contribution >= 0.6 is 0 Å². The summed E-state index contributed by atoms with van der Waals surface area (Å²) in [6.07, 6.45) is 3.06. The summed E-state index contributed by atoms with van der Waals surface area (Å²) in [5, 5.41) is 2.83. The molecular formula is C26H29N3O5S. The fraction of sp³-hybridized carbons (Fsp3) is 0.231. The van der Waals surface area contributed by atoms with Crippen molar-refractivity contribution in [1.82, 2.24) is 10.3 Å². The molecule has 8 nitrogen and oxygen atoms in total. The van der Waals surface area contributed by atoms with Gasteiger partial charge >= 0.3 is 0 Å². The van der Waals surface area contributed by atoms with E-state index < -0.39 is 9.84 Å². The molecule has 9 heteroatoms. The third-order valence-corrected chi connectivity index (χ3v) is 6.96. The van der Waals surface area contributed by atoms with Crippen molar-refractivity contribution in [1.29, 1.82) is 0 Å². The SMILES string of the molecule is C=N/C=C\c1[nH]c(C(=O)NCc2ccc(S(=O)(=O)c3c(OC)cccc3OC(C)C)cc2)cc1C. The number of ether oxygens (including phenoxy) is 2. The number of aliphatic imine (C=N–C) groups is 1. The third kappa shape index (κ3) is 5.99. The van der Waals surface area contributed by atoms with Crippen molar-refractivity contribution in [2.45, 2.75) is 43.2 Å². The molecule has 0 atom stereocenters. The second-order valence-electron chi connectivity index (χ2n) is 8.06. The molecule has 184 valence electrons. The molecule has 0 bridgehead atoms. The van der Waals surface area contributed by atoms with Crippen LogP contribution in [0.4, 0.5) is 0 Å². The van der Waals surface area contributed by atoms with Gasteiger partial charge in [0.15, 0.2) is 4.90 Å². The van der Waals surface area contributed by atoms with Crippen LogP contribution in [-0.2, 0) is 16.4 Å². The van der Waals surface area contributed by atoms with Gasteiger partial charge in [0.2, 0.25) is 9.84 Å². The smallest absolute Gasteiger partial charge is 0.267 e. The number of nitrogens with zero attached hydrogens (tertiary/aromatic N) is 1. The van der Waals surface area contributed by atoms with Gasteiger partial charge in [0.1, 0.15) is 17.2 Å². The first kappa shape index (κ1) is 25.8. The number of sulfone groups is 1. The van der Waals surface area contributed by atoms with Crippen LogP contribution in [0.2, 0.25) is 0 Å². The van der Waals surface area contributed by atoms with E-state index in [1.165, 1.54) is 19.2 Å². The molecule has 1 aromatic heterocycles. The fourth-order valence-electron chi connectivity index (χ4n) is 3.45. The van der Waals surface area contributed by atoms with Crippen molar-refractivity contribution < 1.29 is 22.7 Å². The van der Waals surface area contributed by atoms with E-state index in [-0.39, 0.29) is 39.8 Å². The Morgan fingerprint density at radius 2 is 1.86 bits per heavy atom. The van der Waals surface area contributed by atoms with E-state index in [9.17, 15) is 13.2 Å². The number of carbonyl (C=O) groups is 1. The summed E-state index contributed by atoms with van der Waals surface area (Å²) in [4.78, 5) is 19.3. The molecule has 35 heavy (non-hydrogen) atoms. The van der Waals surface area contributed by atoms with Crippen LogP contribution in [0.3, 0.4) is 0 Å². The average molecular weight is 496 g/mol. The van der Waals surface area contributed by atoms with Crippen molar-refractivity contribution >= 4 is 28.5 Å². The van der Waals surface area contributed by atoms with E-state index in [2.05, 4.69) is 22.0 Å². The Hall–Kier alpha value is -3.85. The lowest BCUT2D eigenvalue weighted by atomic mass is 10.2. The summed E-state index contributed by atoms with van der Waals surface area (Å²) in [5.74, 6) is 0.161. The summed E-state index contributed by atoms with van der Waals surface area (Å²) in [5.41, 5.74) is 2.84. The zero-order chi connectivity index (χ0) is 25.6. The standard InChI is InChI=1S/C26H29N3O5S/c1-17(2)34-24-8-6-7-23(33-5)25(24)35(31,32)20-11-9-19(10-12-20)16-28-26(30)22-15-18(3)21(29-22)13-14-27-4/h6-15,17,29H,4,16H2,1-3,5H3,(H,28,30)/b14-13-. The van der Waals surface area contributed by atoms with E-state index >= 15 is 0 Å². The molecule has 1 heterocycles. The van der Waals surface area contributed by atoms with E-state index in [0.717, 1.165) is 16.8 Å². The number of aromatic nitrogens is 1. The Bertz CT molecular complexity index is 1340. The molecule has 0 unspecified atom stereocenters. The number of aryl methyl sites for hydroxylation is 1. The molecule has 1 amide bonds. The van der Waals surface area contributed by atoms with Crippen molar-refractivity contribution in [2.24, 2.45) is 4.99 Å². The minimum absolute atomic E-state index is 0.0177. The van der Waals surface area contributed by atoms with Gasteiger partial charge in [-0.2, -0.15) is 0 Å². The summed E-state index contributed by atoms with van der Waals surface area (Å²) >= 11 is 0. The average Bonchev–Trinajstić information content (AvgIpc) is 3.21. The molecule has 0 saturated heterocycles. The molecule has 0 aliphatic rings. The number of H-pyrrole nitrogens is 1. The summed E-state index contributed by atoms with van der Waals surface area (Å²) in [6.45, 7) is 9.15. The number of nitrogens with one attached hydrogen (secondary N) is 2. The number of aromatic amines is 1. The van der Waals surface area contributed by atoms with Crippen LogP contribution in [0.15, 0.2) is 69.5 Å². The van der Waals surface area contributed by atoms with Crippen LogP contribution in [0, 0.1) is 6.92 Å². The quantitative estimate of drug-likeness (QED) is 0.401. The Balaban J connectivity index is 1.78. The van der Waals surface area contributed by atoms with Gasteiger partial charge in [0, 0.05) is 18.4 Å². The molecule has 0 aliphatic carbocycles. The minimum atomic E-state index is -3.92. The molecule has 0 radical (unpaired) electrons. The first-order valence-corrected chi connectivity index (χ1v) is 12.4. The Morgan fingerprint density at radius 3 is 2.49 bits per heavy atom. The van der Waals surface area contributed by atoms with E-state index in [0.29, 0.717) is 5.69 Å². The molecule has 3 aromatic rings. The third-order valence-electron chi connectivity index (χ3n) is 5.13. The van der Waals surface area contributed by atoms with Crippen molar-refractivity contribution in [3.63, 3.8) is 0 Å². The number of carbonyl (C=O) groups excluding carboxylic acids is 1. The minimum Gasteiger partial charge on any atom is -0.495 e. The monoisotopic (exact) mass is 495 g/mol. The zero-order valence-electron chi connectivity index (χ0n) is 20.2. The predicted molar refractivity (Wildman–Crippen MR) is 136 cm³/mol. The number of hydrogen-bond donors (Lipinski definition) is 2. The highest BCUT2D eigenvalue weighted by atomic mass is 32.2. The molecular weight excluding hydrogens is 466 g/mol. The molecule has 0 spiro atoms. The van der Waals surface area contributed by atoms with Gasteiger partial charge in [-0.1, -0.05) is 18.2 Å². The van der Waals surface area contributed by atoms with Crippen LogP contribution in [-0.4, -0.2) is 39.2 Å². The van der Waals surface area contributed by atoms with E-state index in [1.54, 1.807) is 48.7 Å². The van der Waals surface area contributed by atoms with Crippen LogP contribution in [0.25, 0.3) is 6.08 Å². The lowest BCUT2D eigenvalue weighted by Gasteiger charge is -2.17. The van der Waals surface area contributed by atoms with Gasteiger partial charge in [-0.15, -0.1) is 0 Å². The maximum Gasteiger partial charge on any atom is 0.267 e. The first-order chi connectivity index (χ1) is 16.7. The van der Waals surface area contributed by atoms with Gasteiger partial charge in [0.25, 0.3) is 5.91 Å². The van der Waals surface area contributed by atoms with E-state index in [4.69, 9.17) is 9.47 Å². The topological polar surface area (TPSA) is 110 Å². The highest BCUT2D eigenvalue weighted by Crippen LogP contribution is 2.37. The highest BCUT2D eigenvalue weighted by molar-refractivity contribution is 7.91. The summed E-state index contributed by atoms with van der Waals surface area (Å²) in [7, 11) is -2.50. The van der Waals surface area contributed by atoms with Crippen LogP contribution in [0.1, 0.15) is 41.2 Å². The molecule has 0 aliphatic heterocycles. The second kappa shape index (κ2) is 11.1. The Morgan fingerprint density at radius 1 is 1.17 bits per heavy atom. The Kier molecular flexibility index (Phi) is 8.14. The molecule has 2 aromatic carbocycles. The highest BCUT2D eigenvalue weighted by Gasteiger charge is 2.27. The maximum absolute atomic E-state index is 13.4. The normalized spacial score (nSPS) is 11.6. The number of amides is 1. The number of rotatable bonds is 10. The van der Waals surface area contributed by atoms with Gasteiger partial charge < -0.3 is 19.8 Å². The molecule has 3 rings (SSSR count).